The summed E-state index contributed by atoms with van der Waals surface area (Å²) in [4.78, 5) is 4.26. The Labute approximate surface area is 149 Å². The van der Waals surface area contributed by atoms with Gasteiger partial charge in [0.05, 0.1) is 11.2 Å². The van der Waals surface area contributed by atoms with Gasteiger partial charge in [-0.1, -0.05) is 28.1 Å². The molecule has 0 saturated heterocycles. The molecular formula is C17H16BrN3O2S. The van der Waals surface area contributed by atoms with Gasteiger partial charge in [0.2, 0.25) is 10.0 Å². The van der Waals surface area contributed by atoms with Crippen LogP contribution in [0.3, 0.4) is 0 Å². The Balaban J connectivity index is 1.76. The van der Waals surface area contributed by atoms with Crippen LogP contribution in [0.2, 0.25) is 0 Å². The Hall–Kier alpha value is -1.96. The van der Waals surface area contributed by atoms with E-state index in [0.29, 0.717) is 0 Å². The molecule has 2 aromatic carbocycles. The molecule has 0 fully saturated rings. The lowest BCUT2D eigenvalue weighted by molar-refractivity contribution is 0.567. The lowest BCUT2D eigenvalue weighted by Gasteiger charge is -2.15. The van der Waals surface area contributed by atoms with Crippen molar-refractivity contribution in [1.29, 1.82) is 0 Å². The largest absolute Gasteiger partial charge is 0.306 e. The van der Waals surface area contributed by atoms with Gasteiger partial charge in [0.1, 0.15) is 0 Å². The van der Waals surface area contributed by atoms with Crippen LogP contribution in [0.15, 0.2) is 76.6 Å². The van der Waals surface area contributed by atoms with Crippen LogP contribution in [0.5, 0.6) is 0 Å². The summed E-state index contributed by atoms with van der Waals surface area (Å²) in [5, 5.41) is 0. The highest BCUT2D eigenvalue weighted by Crippen LogP contribution is 2.20. The molecule has 0 amide bonds. The highest BCUT2D eigenvalue weighted by Gasteiger charge is 2.18. The van der Waals surface area contributed by atoms with E-state index in [9.17, 15) is 8.42 Å². The fourth-order valence-corrected chi connectivity index (χ4v) is 3.83. The van der Waals surface area contributed by atoms with Crippen molar-refractivity contribution in [3.63, 3.8) is 0 Å². The molecule has 3 rings (SSSR count). The fourth-order valence-electron chi connectivity index (χ4n) is 2.33. The smallest absolute Gasteiger partial charge is 0.241 e. The third-order valence-electron chi connectivity index (χ3n) is 3.65. The number of nitrogens with one attached hydrogen (secondary N) is 1. The maximum atomic E-state index is 12.4. The number of hydrogen-bond donors (Lipinski definition) is 1. The van der Waals surface area contributed by atoms with Gasteiger partial charge in [0.25, 0.3) is 0 Å². The first kappa shape index (κ1) is 16.9. The quantitative estimate of drug-likeness (QED) is 0.703. The van der Waals surface area contributed by atoms with E-state index in [2.05, 4.69) is 25.6 Å². The molecule has 0 saturated carbocycles. The SMILES string of the molecule is C[C@H](NS(=O)(=O)c1ccc(Br)cc1)c1ccc(-n2ccnc2)cc1. The third-order valence-corrected chi connectivity index (χ3v) is 5.74. The zero-order chi connectivity index (χ0) is 17.2. The van der Waals surface area contributed by atoms with Crippen molar-refractivity contribution in [1.82, 2.24) is 14.3 Å². The summed E-state index contributed by atoms with van der Waals surface area (Å²) in [6, 6.07) is 13.9. The molecule has 1 heterocycles. The maximum absolute atomic E-state index is 12.4. The van der Waals surface area contributed by atoms with Crippen molar-refractivity contribution in [3.8, 4) is 5.69 Å². The van der Waals surface area contributed by atoms with E-state index in [-0.39, 0.29) is 10.9 Å². The monoisotopic (exact) mass is 405 g/mol. The number of rotatable bonds is 5. The second-order valence-electron chi connectivity index (χ2n) is 5.36. The number of benzene rings is 2. The Morgan fingerprint density at radius 3 is 2.33 bits per heavy atom. The minimum Gasteiger partial charge on any atom is -0.306 e. The van der Waals surface area contributed by atoms with E-state index < -0.39 is 10.0 Å². The Bertz CT molecular complexity index is 905. The van der Waals surface area contributed by atoms with Gasteiger partial charge >= 0.3 is 0 Å². The van der Waals surface area contributed by atoms with Crippen molar-refractivity contribution in [2.45, 2.75) is 17.9 Å². The molecule has 1 aromatic heterocycles. The van der Waals surface area contributed by atoms with Crippen molar-refractivity contribution in [2.24, 2.45) is 0 Å². The molecule has 0 aliphatic carbocycles. The molecule has 124 valence electrons. The normalized spacial score (nSPS) is 12.9. The first-order valence-electron chi connectivity index (χ1n) is 7.32. The summed E-state index contributed by atoms with van der Waals surface area (Å²) in [5.74, 6) is 0. The van der Waals surface area contributed by atoms with Gasteiger partial charge in [-0.05, 0) is 48.9 Å². The molecule has 24 heavy (non-hydrogen) atoms. The summed E-state index contributed by atoms with van der Waals surface area (Å²) < 4.78 is 30.3. The zero-order valence-corrected chi connectivity index (χ0v) is 15.3. The Kier molecular flexibility index (Phi) is 4.84. The van der Waals surface area contributed by atoms with E-state index in [4.69, 9.17) is 0 Å². The summed E-state index contributed by atoms with van der Waals surface area (Å²) in [7, 11) is -3.56. The second kappa shape index (κ2) is 6.88. The molecule has 1 atom stereocenters. The third kappa shape index (κ3) is 3.75. The van der Waals surface area contributed by atoms with Crippen LogP contribution in [0, 0.1) is 0 Å². The molecule has 1 N–H and O–H groups in total. The number of nitrogens with zero attached hydrogens (tertiary/aromatic N) is 2. The maximum Gasteiger partial charge on any atom is 0.241 e. The van der Waals surface area contributed by atoms with E-state index >= 15 is 0 Å². The minimum absolute atomic E-state index is 0.243. The van der Waals surface area contributed by atoms with Crippen LogP contribution in [0.1, 0.15) is 18.5 Å². The highest BCUT2D eigenvalue weighted by atomic mass is 79.9. The van der Waals surface area contributed by atoms with E-state index in [1.54, 1.807) is 36.8 Å². The van der Waals surface area contributed by atoms with Gasteiger partial charge in [-0.2, -0.15) is 0 Å². The van der Waals surface area contributed by atoms with Crippen molar-refractivity contribution >= 4 is 26.0 Å². The Morgan fingerprint density at radius 1 is 1.08 bits per heavy atom. The lowest BCUT2D eigenvalue weighted by Crippen LogP contribution is -2.26. The number of imidazole rings is 1. The van der Waals surface area contributed by atoms with Crippen molar-refractivity contribution < 1.29 is 8.42 Å². The molecule has 7 heteroatoms. The van der Waals surface area contributed by atoms with E-state index in [1.807, 2.05) is 42.0 Å². The van der Waals surface area contributed by atoms with Crippen LogP contribution in [-0.2, 0) is 10.0 Å². The standard InChI is InChI=1S/C17H16BrN3O2S/c1-13(20-24(22,23)17-8-4-15(18)5-9-17)14-2-6-16(7-3-14)21-11-10-19-12-21/h2-13,20H,1H3/t13-/m0/s1. The van der Waals surface area contributed by atoms with Gasteiger partial charge in [-0.25, -0.2) is 18.1 Å². The molecule has 0 bridgehead atoms. The van der Waals surface area contributed by atoms with E-state index in [0.717, 1.165) is 15.7 Å². The number of aromatic nitrogens is 2. The van der Waals surface area contributed by atoms with Crippen molar-refractivity contribution in [3.05, 3.63) is 77.3 Å². The van der Waals surface area contributed by atoms with Gasteiger partial charge < -0.3 is 4.57 Å². The lowest BCUT2D eigenvalue weighted by atomic mass is 10.1. The number of hydrogen-bond acceptors (Lipinski definition) is 3. The van der Waals surface area contributed by atoms with Crippen LogP contribution < -0.4 is 4.72 Å². The molecular weight excluding hydrogens is 390 g/mol. The Morgan fingerprint density at radius 2 is 1.75 bits per heavy atom. The first-order valence-corrected chi connectivity index (χ1v) is 9.59. The topological polar surface area (TPSA) is 64.0 Å². The average molecular weight is 406 g/mol. The van der Waals surface area contributed by atoms with E-state index in [1.165, 1.54) is 0 Å². The van der Waals surface area contributed by atoms with Crippen LogP contribution in [0.25, 0.3) is 5.69 Å². The van der Waals surface area contributed by atoms with Gasteiger partial charge in [-0.3, -0.25) is 0 Å². The van der Waals surface area contributed by atoms with Crippen LogP contribution in [0.4, 0.5) is 0 Å². The molecule has 0 spiro atoms. The van der Waals surface area contributed by atoms with Gasteiger partial charge in [0, 0.05) is 28.6 Å². The van der Waals surface area contributed by atoms with Gasteiger partial charge in [-0.15, -0.1) is 0 Å². The predicted molar refractivity (Wildman–Crippen MR) is 96.4 cm³/mol. The molecule has 5 nitrogen and oxygen atoms in total. The highest BCUT2D eigenvalue weighted by molar-refractivity contribution is 9.10. The molecule has 0 aliphatic heterocycles. The predicted octanol–water partition coefficient (Wildman–Crippen LogP) is 3.67. The minimum atomic E-state index is -3.56. The molecule has 0 radical (unpaired) electrons. The fraction of sp³-hybridized carbons (Fsp3) is 0.118. The molecule has 0 unspecified atom stereocenters. The summed E-state index contributed by atoms with van der Waals surface area (Å²) in [5.41, 5.74) is 1.86. The molecule has 0 aliphatic rings. The van der Waals surface area contributed by atoms with Crippen LogP contribution >= 0.6 is 15.9 Å². The van der Waals surface area contributed by atoms with Gasteiger partial charge in [0.15, 0.2) is 0 Å². The number of sulfonamides is 1. The summed E-state index contributed by atoms with van der Waals surface area (Å²) >= 11 is 3.30. The zero-order valence-electron chi connectivity index (χ0n) is 12.9. The molecule has 3 aromatic rings. The second-order valence-corrected chi connectivity index (χ2v) is 7.99. The number of halogens is 1. The summed E-state index contributed by atoms with van der Waals surface area (Å²) in [6.07, 6.45) is 5.28. The average Bonchev–Trinajstić information content (AvgIpc) is 3.09. The first-order chi connectivity index (χ1) is 11.5. The summed E-state index contributed by atoms with van der Waals surface area (Å²) in [6.45, 7) is 1.82. The van der Waals surface area contributed by atoms with Crippen LogP contribution in [-0.4, -0.2) is 18.0 Å². The van der Waals surface area contributed by atoms with Crippen molar-refractivity contribution in [2.75, 3.05) is 0 Å².